The number of hydrogen-bond donors (Lipinski definition) is 3. The van der Waals surface area contributed by atoms with E-state index in [1.807, 2.05) is 43.3 Å². The van der Waals surface area contributed by atoms with Gasteiger partial charge < -0.3 is 25.8 Å². The predicted octanol–water partition coefficient (Wildman–Crippen LogP) is 2.69. The highest BCUT2D eigenvalue weighted by molar-refractivity contribution is 6.00. The Morgan fingerprint density at radius 1 is 1.03 bits per heavy atom. The van der Waals surface area contributed by atoms with Gasteiger partial charge in [0.25, 0.3) is 0 Å². The van der Waals surface area contributed by atoms with E-state index in [1.165, 1.54) is 6.08 Å². The van der Waals surface area contributed by atoms with Crippen LogP contribution in [-0.4, -0.2) is 82.5 Å². The number of carbonyl (C=O) groups is 1. The predicted molar refractivity (Wildman–Crippen MR) is 149 cm³/mol. The molecule has 3 N–H and O–H groups in total. The number of fused-ring (bicyclic) bond motifs is 1. The summed E-state index contributed by atoms with van der Waals surface area (Å²) in [5, 5.41) is 10.3. The second-order valence-corrected chi connectivity index (χ2v) is 9.14. The SMILES string of the molecule is CN(C)C/C=C/C(=O)Nc1ccnc(-c2nccc3cnc(Nc4ccc(N5CCNCC5)nc4)nc23)c1. The van der Waals surface area contributed by atoms with E-state index < -0.39 is 0 Å². The molecule has 0 saturated carbocycles. The number of aromatic nitrogens is 5. The van der Waals surface area contributed by atoms with Crippen LogP contribution in [0.2, 0.25) is 0 Å². The second kappa shape index (κ2) is 11.7. The number of piperazine rings is 1. The Bertz CT molecular complexity index is 1430. The lowest BCUT2D eigenvalue weighted by Crippen LogP contribution is -2.43. The third-order valence-corrected chi connectivity index (χ3v) is 5.95. The standard InChI is InChI=1S/C27H30N10O/c1-36(2)13-3-4-24(38)33-20-8-10-29-22(16-20)26-25-19(7-9-30-26)17-32-27(35-25)34-21-5-6-23(31-18-21)37-14-11-28-12-15-37/h3-10,16-18,28H,11-15H2,1-2H3,(H,29,33,38)(H,32,34,35)/b4-3+. The van der Waals surface area contributed by atoms with Gasteiger partial charge >= 0.3 is 0 Å². The third-order valence-electron chi connectivity index (χ3n) is 5.95. The highest BCUT2D eigenvalue weighted by Crippen LogP contribution is 2.26. The van der Waals surface area contributed by atoms with Crippen molar-refractivity contribution in [1.29, 1.82) is 0 Å². The molecule has 4 aromatic rings. The van der Waals surface area contributed by atoms with Crippen molar-refractivity contribution >= 4 is 40.0 Å². The number of likely N-dealkylation sites (N-methyl/N-ethyl adjacent to an activating group) is 1. The average Bonchev–Trinajstić information content (AvgIpc) is 2.93. The lowest BCUT2D eigenvalue weighted by Gasteiger charge is -2.28. The van der Waals surface area contributed by atoms with E-state index in [0.717, 1.165) is 43.1 Å². The minimum atomic E-state index is -0.208. The molecule has 0 radical (unpaired) electrons. The minimum absolute atomic E-state index is 0.208. The van der Waals surface area contributed by atoms with Crippen LogP contribution in [0.25, 0.3) is 22.3 Å². The molecule has 5 rings (SSSR count). The topological polar surface area (TPSA) is 124 Å². The average molecular weight is 511 g/mol. The summed E-state index contributed by atoms with van der Waals surface area (Å²) in [4.78, 5) is 39.3. The Labute approximate surface area is 221 Å². The maximum absolute atomic E-state index is 12.3. The summed E-state index contributed by atoms with van der Waals surface area (Å²) in [6, 6.07) is 9.36. The molecule has 1 saturated heterocycles. The summed E-state index contributed by atoms with van der Waals surface area (Å²) in [5.41, 5.74) is 3.25. The maximum atomic E-state index is 12.3. The number of carbonyl (C=O) groups excluding carboxylic acids is 1. The van der Waals surface area contributed by atoms with Crippen molar-refractivity contribution in [2.75, 3.05) is 62.4 Å². The summed E-state index contributed by atoms with van der Waals surface area (Å²) in [6.45, 7) is 4.48. The van der Waals surface area contributed by atoms with E-state index in [9.17, 15) is 4.79 Å². The molecule has 38 heavy (non-hydrogen) atoms. The molecular formula is C27H30N10O. The molecule has 0 aliphatic carbocycles. The Hall–Kier alpha value is -4.48. The van der Waals surface area contributed by atoms with E-state index in [2.05, 4.69) is 40.8 Å². The molecule has 0 unspecified atom stereocenters. The summed E-state index contributed by atoms with van der Waals surface area (Å²) in [7, 11) is 3.89. The maximum Gasteiger partial charge on any atom is 0.248 e. The van der Waals surface area contributed by atoms with Gasteiger partial charge in [-0.15, -0.1) is 0 Å². The van der Waals surface area contributed by atoms with Crippen molar-refractivity contribution < 1.29 is 4.79 Å². The molecule has 11 nitrogen and oxygen atoms in total. The molecule has 1 aliphatic heterocycles. The minimum Gasteiger partial charge on any atom is -0.354 e. The zero-order valence-electron chi connectivity index (χ0n) is 21.4. The van der Waals surface area contributed by atoms with Crippen molar-refractivity contribution in [3.05, 3.63) is 67.3 Å². The number of pyridine rings is 3. The highest BCUT2D eigenvalue weighted by Gasteiger charge is 2.13. The number of nitrogens with one attached hydrogen (secondary N) is 3. The molecule has 5 heterocycles. The molecule has 1 aliphatic rings. The number of hydrogen-bond acceptors (Lipinski definition) is 10. The molecule has 0 atom stereocenters. The fourth-order valence-electron chi connectivity index (χ4n) is 4.07. The monoisotopic (exact) mass is 510 g/mol. The second-order valence-electron chi connectivity index (χ2n) is 9.14. The smallest absolute Gasteiger partial charge is 0.248 e. The van der Waals surface area contributed by atoms with Gasteiger partial charge in [-0.25, -0.2) is 15.0 Å². The van der Waals surface area contributed by atoms with Gasteiger partial charge in [0.1, 0.15) is 17.0 Å². The van der Waals surface area contributed by atoms with E-state index >= 15 is 0 Å². The summed E-state index contributed by atoms with van der Waals surface area (Å²) in [6.07, 6.45) is 10.2. The van der Waals surface area contributed by atoms with Crippen LogP contribution in [0.15, 0.2) is 67.3 Å². The highest BCUT2D eigenvalue weighted by atomic mass is 16.1. The number of amides is 1. The third kappa shape index (κ3) is 6.25. The number of rotatable bonds is 8. The fourth-order valence-corrected chi connectivity index (χ4v) is 4.07. The van der Waals surface area contributed by atoms with E-state index in [4.69, 9.17) is 4.98 Å². The van der Waals surface area contributed by atoms with Crippen LogP contribution in [0.1, 0.15) is 0 Å². The Morgan fingerprint density at radius 3 is 2.66 bits per heavy atom. The molecule has 0 spiro atoms. The van der Waals surface area contributed by atoms with Crippen LogP contribution in [0.4, 0.5) is 23.1 Å². The first-order chi connectivity index (χ1) is 18.5. The molecule has 1 amide bonds. The first kappa shape index (κ1) is 25.2. The quantitative estimate of drug-likeness (QED) is 0.305. The van der Waals surface area contributed by atoms with Gasteiger partial charge in [0, 0.05) is 68.5 Å². The molecule has 4 aromatic heterocycles. The van der Waals surface area contributed by atoms with Crippen molar-refractivity contribution in [1.82, 2.24) is 35.1 Å². The molecule has 1 fully saturated rings. The summed E-state index contributed by atoms with van der Waals surface area (Å²) in [5.74, 6) is 1.17. The molecule has 11 heteroatoms. The summed E-state index contributed by atoms with van der Waals surface area (Å²) >= 11 is 0. The van der Waals surface area contributed by atoms with Crippen molar-refractivity contribution in [2.24, 2.45) is 0 Å². The van der Waals surface area contributed by atoms with Gasteiger partial charge in [-0.1, -0.05) is 6.08 Å². The van der Waals surface area contributed by atoms with E-state index in [0.29, 0.717) is 35.1 Å². The number of anilines is 4. The summed E-state index contributed by atoms with van der Waals surface area (Å²) < 4.78 is 0. The van der Waals surface area contributed by atoms with Gasteiger partial charge in [-0.2, -0.15) is 0 Å². The zero-order valence-corrected chi connectivity index (χ0v) is 21.4. The van der Waals surface area contributed by atoms with E-state index in [-0.39, 0.29) is 5.91 Å². The first-order valence-corrected chi connectivity index (χ1v) is 12.4. The largest absolute Gasteiger partial charge is 0.354 e. The van der Waals surface area contributed by atoms with Gasteiger partial charge in [0.05, 0.1) is 17.6 Å². The van der Waals surface area contributed by atoms with Crippen LogP contribution in [-0.2, 0) is 4.79 Å². The van der Waals surface area contributed by atoms with E-state index in [1.54, 1.807) is 36.9 Å². The lowest BCUT2D eigenvalue weighted by atomic mass is 10.1. The Balaban J connectivity index is 1.35. The van der Waals surface area contributed by atoms with Gasteiger partial charge in [0.15, 0.2) is 0 Å². The fraction of sp³-hybridized carbons (Fsp3) is 0.259. The van der Waals surface area contributed by atoms with Crippen LogP contribution in [0.5, 0.6) is 0 Å². The van der Waals surface area contributed by atoms with Gasteiger partial charge in [0.2, 0.25) is 11.9 Å². The van der Waals surface area contributed by atoms with Crippen LogP contribution in [0, 0.1) is 0 Å². The van der Waals surface area contributed by atoms with Crippen LogP contribution < -0.4 is 20.9 Å². The van der Waals surface area contributed by atoms with Crippen LogP contribution in [0.3, 0.4) is 0 Å². The van der Waals surface area contributed by atoms with Gasteiger partial charge in [-0.05, 0) is 44.4 Å². The Morgan fingerprint density at radius 2 is 1.87 bits per heavy atom. The lowest BCUT2D eigenvalue weighted by molar-refractivity contribution is -0.111. The molecule has 194 valence electrons. The van der Waals surface area contributed by atoms with Crippen LogP contribution >= 0.6 is 0 Å². The first-order valence-electron chi connectivity index (χ1n) is 12.4. The van der Waals surface area contributed by atoms with Crippen molar-refractivity contribution in [3.8, 4) is 11.4 Å². The number of nitrogens with zero attached hydrogens (tertiary/aromatic N) is 7. The zero-order chi connectivity index (χ0) is 26.3. The molecule has 0 aromatic carbocycles. The Kier molecular flexibility index (Phi) is 7.76. The molecular weight excluding hydrogens is 480 g/mol. The normalized spacial score (nSPS) is 13.8. The van der Waals surface area contributed by atoms with Crippen molar-refractivity contribution in [3.63, 3.8) is 0 Å². The van der Waals surface area contributed by atoms with Crippen molar-refractivity contribution in [2.45, 2.75) is 0 Å². The molecule has 0 bridgehead atoms. The van der Waals surface area contributed by atoms with Gasteiger partial charge in [-0.3, -0.25) is 14.8 Å².